The number of hydrogen-bond acceptors (Lipinski definition) is 8. The number of nitrogens with one attached hydrogen (secondary N) is 1. The third kappa shape index (κ3) is 12.4. The summed E-state index contributed by atoms with van der Waals surface area (Å²) in [5, 5.41) is 17.4. The molecule has 0 saturated carbocycles. The van der Waals surface area contributed by atoms with Gasteiger partial charge in [-0.1, -0.05) is 11.3 Å². The van der Waals surface area contributed by atoms with Crippen LogP contribution in [0.25, 0.3) is 0 Å². The second-order valence-corrected chi connectivity index (χ2v) is 6.93. The number of aromatic nitrogens is 2. The number of amides is 1. The van der Waals surface area contributed by atoms with E-state index in [1.165, 1.54) is 11.3 Å². The van der Waals surface area contributed by atoms with Crippen molar-refractivity contribution in [3.8, 4) is 5.75 Å². The van der Waals surface area contributed by atoms with Crippen LogP contribution < -0.4 is 15.8 Å². The van der Waals surface area contributed by atoms with E-state index in [0.717, 1.165) is 0 Å². The van der Waals surface area contributed by atoms with E-state index in [2.05, 4.69) is 15.3 Å². The number of anilines is 1. The first-order valence-electron chi connectivity index (χ1n) is 8.63. The van der Waals surface area contributed by atoms with Gasteiger partial charge in [-0.3, -0.25) is 9.78 Å². The van der Waals surface area contributed by atoms with Gasteiger partial charge in [-0.2, -0.15) is 26.3 Å². The molecule has 0 aliphatic heterocycles. The number of nitrogens with zero attached hydrogens (tertiary/aromatic N) is 2. The van der Waals surface area contributed by atoms with Crippen molar-refractivity contribution in [1.82, 2.24) is 15.3 Å². The number of aliphatic carboxylic acids is 2. The highest BCUT2D eigenvalue weighted by molar-refractivity contribution is 7.17. The molecule has 0 bridgehead atoms. The van der Waals surface area contributed by atoms with Crippen LogP contribution in [0.15, 0.2) is 24.5 Å². The van der Waals surface area contributed by atoms with E-state index in [0.29, 0.717) is 28.0 Å². The molecule has 190 valence electrons. The monoisotopic (exact) mass is 520 g/mol. The minimum absolute atomic E-state index is 0.159. The van der Waals surface area contributed by atoms with Gasteiger partial charge >= 0.3 is 24.3 Å². The summed E-state index contributed by atoms with van der Waals surface area (Å²) < 4.78 is 69.1. The Labute approximate surface area is 191 Å². The maximum Gasteiger partial charge on any atom is 0.490 e. The van der Waals surface area contributed by atoms with Gasteiger partial charge in [0.05, 0.1) is 18.4 Å². The van der Waals surface area contributed by atoms with Crippen LogP contribution in [0.3, 0.4) is 0 Å². The lowest BCUT2D eigenvalue weighted by Crippen LogP contribution is -2.33. The lowest BCUT2D eigenvalue weighted by Gasteiger charge is -2.14. The highest BCUT2D eigenvalue weighted by Crippen LogP contribution is 2.19. The molecular weight excluding hydrogens is 502 g/mol. The predicted molar refractivity (Wildman–Crippen MR) is 105 cm³/mol. The Hall–Kier alpha value is -3.63. The first kappa shape index (κ1) is 30.4. The van der Waals surface area contributed by atoms with Gasteiger partial charge in [0.2, 0.25) is 0 Å². The number of pyridine rings is 1. The largest absolute Gasteiger partial charge is 0.490 e. The summed E-state index contributed by atoms with van der Waals surface area (Å²) in [6, 6.07) is 3.61. The molecule has 1 atom stereocenters. The number of carbonyl (C=O) groups is 3. The summed E-state index contributed by atoms with van der Waals surface area (Å²) in [5.74, 6) is -5.02. The van der Waals surface area contributed by atoms with Gasteiger partial charge in [0.25, 0.3) is 5.91 Å². The number of carboxylic acids is 2. The Bertz CT molecular complexity index is 928. The number of carboxylic acid groups (broad SMARTS) is 2. The number of aryl methyl sites for hydroxylation is 1. The van der Waals surface area contributed by atoms with Crippen molar-refractivity contribution in [2.75, 3.05) is 12.3 Å². The average molecular weight is 520 g/mol. The molecule has 2 aromatic heterocycles. The van der Waals surface area contributed by atoms with Crippen molar-refractivity contribution in [2.45, 2.75) is 32.3 Å². The van der Waals surface area contributed by atoms with Crippen molar-refractivity contribution in [3.05, 3.63) is 35.1 Å². The third-order valence-corrected chi connectivity index (χ3v) is 4.01. The number of rotatable bonds is 5. The zero-order valence-electron chi connectivity index (χ0n) is 17.3. The molecule has 1 unspecified atom stereocenters. The van der Waals surface area contributed by atoms with Gasteiger partial charge in [-0.15, -0.1) is 0 Å². The fourth-order valence-electron chi connectivity index (χ4n) is 1.64. The van der Waals surface area contributed by atoms with E-state index in [1.807, 2.05) is 13.0 Å². The SMILES string of the molecule is Cc1nc(N)sc1C(=O)NCC(C)Oc1cccnc1.O=C(O)C(F)(F)F.O=C(O)C(F)(F)F. The molecule has 34 heavy (non-hydrogen) atoms. The van der Waals surface area contributed by atoms with E-state index in [-0.39, 0.29) is 12.0 Å². The molecule has 2 rings (SSSR count). The predicted octanol–water partition coefficient (Wildman–Crippen LogP) is 2.89. The Morgan fingerprint density at radius 1 is 1.15 bits per heavy atom. The molecule has 1 amide bonds. The van der Waals surface area contributed by atoms with Crippen molar-refractivity contribution >= 4 is 34.3 Å². The van der Waals surface area contributed by atoms with E-state index >= 15 is 0 Å². The number of hydrogen-bond donors (Lipinski definition) is 4. The summed E-state index contributed by atoms with van der Waals surface area (Å²) in [6.45, 7) is 4.03. The van der Waals surface area contributed by atoms with Crippen LogP contribution in [-0.2, 0) is 9.59 Å². The van der Waals surface area contributed by atoms with Gasteiger partial charge in [-0.25, -0.2) is 14.6 Å². The molecule has 0 saturated heterocycles. The first-order chi connectivity index (χ1) is 15.4. The van der Waals surface area contributed by atoms with Crippen LogP contribution >= 0.6 is 11.3 Å². The molecule has 2 heterocycles. The molecular formula is C17H18F6N4O6S. The van der Waals surface area contributed by atoms with Crippen LogP contribution in [0.1, 0.15) is 22.3 Å². The summed E-state index contributed by atoms with van der Waals surface area (Å²) in [7, 11) is 0. The summed E-state index contributed by atoms with van der Waals surface area (Å²) in [4.78, 5) is 38.3. The van der Waals surface area contributed by atoms with E-state index < -0.39 is 24.3 Å². The number of ether oxygens (including phenoxy) is 1. The number of halogens is 6. The van der Waals surface area contributed by atoms with Crippen molar-refractivity contribution in [3.63, 3.8) is 0 Å². The average Bonchev–Trinajstić information content (AvgIpc) is 3.04. The van der Waals surface area contributed by atoms with Gasteiger partial charge in [0.1, 0.15) is 16.7 Å². The maximum absolute atomic E-state index is 12.0. The fourth-order valence-corrected chi connectivity index (χ4v) is 2.39. The Morgan fingerprint density at radius 2 is 1.65 bits per heavy atom. The quantitative estimate of drug-likeness (QED) is 0.434. The first-order valence-corrected chi connectivity index (χ1v) is 9.44. The maximum atomic E-state index is 12.0. The zero-order valence-corrected chi connectivity index (χ0v) is 18.1. The summed E-state index contributed by atoms with van der Waals surface area (Å²) in [5.41, 5.74) is 6.22. The van der Waals surface area contributed by atoms with Crippen LogP contribution in [0.2, 0.25) is 0 Å². The molecule has 0 spiro atoms. The number of carbonyl (C=O) groups excluding carboxylic acids is 1. The van der Waals surface area contributed by atoms with E-state index in [4.69, 9.17) is 30.3 Å². The second kappa shape index (κ2) is 13.2. The Balaban J connectivity index is 0.000000642. The molecule has 0 aliphatic carbocycles. The Kier molecular flexibility index (Phi) is 11.8. The number of thiazole rings is 1. The van der Waals surface area contributed by atoms with Crippen LogP contribution in [0, 0.1) is 6.92 Å². The van der Waals surface area contributed by atoms with Gasteiger partial charge in [-0.05, 0) is 26.0 Å². The lowest BCUT2D eigenvalue weighted by atomic mass is 10.3. The number of nitrogen functional groups attached to an aromatic ring is 1. The van der Waals surface area contributed by atoms with E-state index in [1.54, 1.807) is 25.4 Å². The van der Waals surface area contributed by atoms with Gasteiger partial charge in [0.15, 0.2) is 5.13 Å². The van der Waals surface area contributed by atoms with Gasteiger partial charge in [0, 0.05) is 6.20 Å². The Morgan fingerprint density at radius 3 is 2.00 bits per heavy atom. The highest BCUT2D eigenvalue weighted by atomic mass is 32.1. The van der Waals surface area contributed by atoms with Crippen LogP contribution in [0.4, 0.5) is 31.5 Å². The highest BCUT2D eigenvalue weighted by Gasteiger charge is 2.38. The minimum atomic E-state index is -5.08. The molecule has 10 nitrogen and oxygen atoms in total. The molecule has 0 radical (unpaired) electrons. The minimum Gasteiger partial charge on any atom is -0.487 e. The summed E-state index contributed by atoms with van der Waals surface area (Å²) in [6.07, 6.45) is -7.02. The molecule has 5 N–H and O–H groups in total. The third-order valence-electron chi connectivity index (χ3n) is 3.03. The second-order valence-electron chi connectivity index (χ2n) is 5.90. The number of alkyl halides is 6. The zero-order chi connectivity index (χ0) is 26.7. The molecule has 0 fully saturated rings. The standard InChI is InChI=1S/C13H16N4O2S.2C2HF3O2/c1-8(19-10-4-3-5-15-7-10)6-16-12(18)11-9(2)17-13(14)20-11;2*3-2(4,5)1(6)7/h3-5,7-8H,6H2,1-2H3,(H2,14,17)(H,16,18);2*(H,6,7). The normalized spacial score (nSPS) is 11.6. The van der Waals surface area contributed by atoms with Crippen molar-refractivity contribution in [1.29, 1.82) is 0 Å². The topological polar surface area (TPSA) is 165 Å². The van der Waals surface area contributed by atoms with Crippen molar-refractivity contribution < 1.29 is 55.7 Å². The van der Waals surface area contributed by atoms with Crippen LogP contribution in [-0.4, -0.2) is 63.0 Å². The summed E-state index contributed by atoms with van der Waals surface area (Å²) >= 11 is 1.18. The van der Waals surface area contributed by atoms with E-state index in [9.17, 15) is 31.1 Å². The van der Waals surface area contributed by atoms with Gasteiger partial charge < -0.3 is 26.0 Å². The fraction of sp³-hybridized carbons (Fsp3) is 0.353. The molecule has 0 aliphatic rings. The molecule has 2 aromatic rings. The molecule has 0 aromatic carbocycles. The van der Waals surface area contributed by atoms with Crippen molar-refractivity contribution in [2.24, 2.45) is 0 Å². The lowest BCUT2D eigenvalue weighted by molar-refractivity contribution is -0.193. The number of nitrogens with two attached hydrogens (primary N) is 1. The smallest absolute Gasteiger partial charge is 0.487 e. The molecule has 17 heteroatoms. The van der Waals surface area contributed by atoms with Crippen LogP contribution in [0.5, 0.6) is 5.75 Å².